The molecule has 0 spiro atoms. The van der Waals surface area contributed by atoms with E-state index in [4.69, 9.17) is 9.47 Å². The lowest BCUT2D eigenvalue weighted by molar-refractivity contribution is 0.117. The standard InChI is InChI=1S/C13H26O2/c1-4-7-10-15-12-13(8-5-2)11-14-9-6-3/h8H,4-7,9-12H2,1-3H3/b13-8+. The van der Waals surface area contributed by atoms with Gasteiger partial charge in [0.15, 0.2) is 0 Å². The van der Waals surface area contributed by atoms with Crippen LogP contribution in [0.2, 0.25) is 0 Å². The highest BCUT2D eigenvalue weighted by atomic mass is 16.5. The Hall–Kier alpha value is -0.340. The zero-order valence-electron chi connectivity index (χ0n) is 10.6. The molecule has 0 aliphatic rings. The predicted molar refractivity (Wildman–Crippen MR) is 65.2 cm³/mol. The highest BCUT2D eigenvalue weighted by Crippen LogP contribution is 2.01. The van der Waals surface area contributed by atoms with Crippen molar-refractivity contribution in [3.05, 3.63) is 11.6 Å². The molecule has 0 unspecified atom stereocenters. The number of allylic oxidation sites excluding steroid dienone is 1. The Balaban J connectivity index is 3.59. The lowest BCUT2D eigenvalue weighted by atomic mass is 10.2. The number of hydrogen-bond acceptors (Lipinski definition) is 2. The van der Waals surface area contributed by atoms with Gasteiger partial charge in [0.25, 0.3) is 0 Å². The molecule has 0 saturated carbocycles. The van der Waals surface area contributed by atoms with Crippen LogP contribution < -0.4 is 0 Å². The molecule has 0 aliphatic heterocycles. The number of unbranched alkanes of at least 4 members (excludes halogenated alkanes) is 1. The van der Waals surface area contributed by atoms with Crippen LogP contribution in [-0.2, 0) is 9.47 Å². The van der Waals surface area contributed by atoms with E-state index in [0.717, 1.165) is 45.7 Å². The summed E-state index contributed by atoms with van der Waals surface area (Å²) in [6.07, 6.45) is 6.69. The third kappa shape index (κ3) is 9.95. The van der Waals surface area contributed by atoms with Gasteiger partial charge in [0.1, 0.15) is 0 Å². The molecule has 0 aromatic carbocycles. The molecule has 2 nitrogen and oxygen atoms in total. The molecule has 90 valence electrons. The third-order valence-electron chi connectivity index (χ3n) is 2.06. The summed E-state index contributed by atoms with van der Waals surface area (Å²) < 4.78 is 11.1. The van der Waals surface area contributed by atoms with Gasteiger partial charge >= 0.3 is 0 Å². The van der Waals surface area contributed by atoms with Crippen LogP contribution in [0.25, 0.3) is 0 Å². The first-order valence-electron chi connectivity index (χ1n) is 6.18. The van der Waals surface area contributed by atoms with Crippen molar-refractivity contribution in [2.24, 2.45) is 0 Å². The van der Waals surface area contributed by atoms with Gasteiger partial charge in [-0.15, -0.1) is 0 Å². The molecular weight excluding hydrogens is 188 g/mol. The van der Waals surface area contributed by atoms with Gasteiger partial charge in [-0.1, -0.05) is 33.3 Å². The molecule has 0 amide bonds. The van der Waals surface area contributed by atoms with Gasteiger partial charge in [0, 0.05) is 13.2 Å². The zero-order valence-corrected chi connectivity index (χ0v) is 10.6. The summed E-state index contributed by atoms with van der Waals surface area (Å²) in [5.41, 5.74) is 1.28. The lowest BCUT2D eigenvalue weighted by Gasteiger charge is -2.09. The van der Waals surface area contributed by atoms with Crippen LogP contribution in [0.4, 0.5) is 0 Å². The van der Waals surface area contributed by atoms with E-state index in [2.05, 4.69) is 26.8 Å². The van der Waals surface area contributed by atoms with E-state index < -0.39 is 0 Å². The number of ether oxygens (including phenoxy) is 2. The van der Waals surface area contributed by atoms with Crippen molar-refractivity contribution < 1.29 is 9.47 Å². The molecule has 0 fully saturated rings. The van der Waals surface area contributed by atoms with Crippen molar-refractivity contribution >= 4 is 0 Å². The first-order valence-corrected chi connectivity index (χ1v) is 6.18. The van der Waals surface area contributed by atoms with Crippen molar-refractivity contribution in [1.82, 2.24) is 0 Å². The van der Waals surface area contributed by atoms with E-state index in [0.29, 0.717) is 0 Å². The topological polar surface area (TPSA) is 18.5 Å². The SMILES string of the molecule is CC/C=C(\COCCC)COCCCC. The second-order valence-electron chi connectivity index (χ2n) is 3.73. The largest absolute Gasteiger partial charge is 0.377 e. The number of hydrogen-bond donors (Lipinski definition) is 0. The Bertz CT molecular complexity index is 153. The summed E-state index contributed by atoms with van der Waals surface area (Å²) in [4.78, 5) is 0. The highest BCUT2D eigenvalue weighted by molar-refractivity contribution is 5.02. The predicted octanol–water partition coefficient (Wildman–Crippen LogP) is 3.57. The van der Waals surface area contributed by atoms with Crippen LogP contribution in [0.3, 0.4) is 0 Å². The van der Waals surface area contributed by atoms with E-state index in [1.165, 1.54) is 12.0 Å². The third-order valence-corrected chi connectivity index (χ3v) is 2.06. The van der Waals surface area contributed by atoms with E-state index in [-0.39, 0.29) is 0 Å². The molecule has 0 aromatic heterocycles. The average Bonchev–Trinajstić information content (AvgIpc) is 2.24. The first kappa shape index (κ1) is 14.7. The zero-order chi connectivity index (χ0) is 11.4. The van der Waals surface area contributed by atoms with Gasteiger partial charge < -0.3 is 9.47 Å². The minimum Gasteiger partial charge on any atom is -0.377 e. The molecule has 0 atom stereocenters. The summed E-state index contributed by atoms with van der Waals surface area (Å²) >= 11 is 0. The fourth-order valence-corrected chi connectivity index (χ4v) is 1.25. The molecule has 0 heterocycles. The summed E-state index contributed by atoms with van der Waals surface area (Å²) in [5.74, 6) is 0. The molecule has 0 saturated heterocycles. The van der Waals surface area contributed by atoms with Crippen LogP contribution in [0.15, 0.2) is 11.6 Å². The molecule has 0 N–H and O–H groups in total. The minimum atomic E-state index is 0.730. The Kier molecular flexibility index (Phi) is 11.5. The molecule has 0 radical (unpaired) electrons. The smallest absolute Gasteiger partial charge is 0.0698 e. The lowest BCUT2D eigenvalue weighted by Crippen LogP contribution is -2.07. The van der Waals surface area contributed by atoms with E-state index in [1.807, 2.05) is 0 Å². The van der Waals surface area contributed by atoms with Crippen molar-refractivity contribution in [3.63, 3.8) is 0 Å². The summed E-state index contributed by atoms with van der Waals surface area (Å²) in [6, 6.07) is 0. The van der Waals surface area contributed by atoms with Crippen LogP contribution in [0.5, 0.6) is 0 Å². The van der Waals surface area contributed by atoms with Crippen molar-refractivity contribution in [1.29, 1.82) is 0 Å². The average molecular weight is 214 g/mol. The quantitative estimate of drug-likeness (QED) is 0.409. The Morgan fingerprint density at radius 1 is 0.933 bits per heavy atom. The van der Waals surface area contributed by atoms with Gasteiger partial charge in [-0.3, -0.25) is 0 Å². The fraction of sp³-hybridized carbons (Fsp3) is 0.846. The monoisotopic (exact) mass is 214 g/mol. The van der Waals surface area contributed by atoms with E-state index >= 15 is 0 Å². The Morgan fingerprint density at radius 2 is 1.60 bits per heavy atom. The summed E-state index contributed by atoms with van der Waals surface area (Å²) in [6.45, 7) is 9.62. The number of rotatable bonds is 10. The van der Waals surface area contributed by atoms with Crippen molar-refractivity contribution in [2.75, 3.05) is 26.4 Å². The molecule has 2 heteroatoms. The highest BCUT2D eigenvalue weighted by Gasteiger charge is 1.97. The molecule has 0 bridgehead atoms. The van der Waals surface area contributed by atoms with Crippen LogP contribution in [0.1, 0.15) is 46.5 Å². The maximum absolute atomic E-state index is 5.57. The van der Waals surface area contributed by atoms with Crippen LogP contribution >= 0.6 is 0 Å². The fourth-order valence-electron chi connectivity index (χ4n) is 1.25. The maximum Gasteiger partial charge on any atom is 0.0698 e. The summed E-state index contributed by atoms with van der Waals surface area (Å²) in [7, 11) is 0. The van der Waals surface area contributed by atoms with E-state index in [1.54, 1.807) is 0 Å². The van der Waals surface area contributed by atoms with Crippen LogP contribution in [0, 0.1) is 0 Å². The Morgan fingerprint density at radius 3 is 2.13 bits per heavy atom. The molecule has 0 rings (SSSR count). The summed E-state index contributed by atoms with van der Waals surface area (Å²) in [5, 5.41) is 0. The van der Waals surface area contributed by atoms with Gasteiger partial charge in [-0.05, 0) is 24.8 Å². The van der Waals surface area contributed by atoms with Crippen molar-refractivity contribution in [3.8, 4) is 0 Å². The van der Waals surface area contributed by atoms with E-state index in [9.17, 15) is 0 Å². The minimum absolute atomic E-state index is 0.730. The van der Waals surface area contributed by atoms with Crippen LogP contribution in [-0.4, -0.2) is 26.4 Å². The molecular formula is C13H26O2. The Labute approximate surface area is 94.7 Å². The van der Waals surface area contributed by atoms with Gasteiger partial charge in [-0.2, -0.15) is 0 Å². The maximum atomic E-state index is 5.57. The molecule has 0 aromatic rings. The van der Waals surface area contributed by atoms with Gasteiger partial charge in [-0.25, -0.2) is 0 Å². The molecule has 15 heavy (non-hydrogen) atoms. The van der Waals surface area contributed by atoms with Crippen molar-refractivity contribution in [2.45, 2.75) is 46.5 Å². The van der Waals surface area contributed by atoms with Gasteiger partial charge in [0.05, 0.1) is 13.2 Å². The second-order valence-corrected chi connectivity index (χ2v) is 3.73. The normalized spacial score (nSPS) is 12.1. The first-order chi connectivity index (χ1) is 7.35. The van der Waals surface area contributed by atoms with Gasteiger partial charge in [0.2, 0.25) is 0 Å². The molecule has 0 aliphatic carbocycles. The second kappa shape index (κ2) is 11.7.